The molecular formula is C16H20O7. The summed E-state index contributed by atoms with van der Waals surface area (Å²) in [6.07, 6.45) is -4.21. The smallest absolute Gasteiger partial charge is 0.338 e. The summed E-state index contributed by atoms with van der Waals surface area (Å²) in [4.78, 5) is 23.9. The van der Waals surface area contributed by atoms with E-state index in [-0.39, 0.29) is 0 Å². The summed E-state index contributed by atoms with van der Waals surface area (Å²) in [5, 5.41) is 10.2. The second-order valence-electron chi connectivity index (χ2n) is 5.27. The maximum absolute atomic E-state index is 12.2. The lowest BCUT2D eigenvalue weighted by Crippen LogP contribution is -2.57. The van der Waals surface area contributed by atoms with Gasteiger partial charge >= 0.3 is 11.9 Å². The van der Waals surface area contributed by atoms with Crippen molar-refractivity contribution in [3.63, 3.8) is 0 Å². The van der Waals surface area contributed by atoms with E-state index in [0.29, 0.717) is 5.56 Å². The Morgan fingerprint density at radius 1 is 1.17 bits per heavy atom. The lowest BCUT2D eigenvalue weighted by molar-refractivity contribution is -0.273. The number of aliphatic hydroxyl groups excluding tert-OH is 1. The first-order chi connectivity index (χ1) is 11.0. The first-order valence-electron chi connectivity index (χ1n) is 7.19. The molecule has 1 saturated heterocycles. The largest absolute Gasteiger partial charge is 0.467 e. The van der Waals surface area contributed by atoms with E-state index in [9.17, 15) is 14.7 Å². The predicted octanol–water partition coefficient (Wildman–Crippen LogP) is 0.753. The van der Waals surface area contributed by atoms with Gasteiger partial charge in [0.25, 0.3) is 0 Å². The SMILES string of the molecule is COC(=O)C1O[C@@H](OC)C(OC(=O)c2ccccc2)[C@@H](C)[C@H]1O. The molecule has 23 heavy (non-hydrogen) atoms. The van der Waals surface area contributed by atoms with Gasteiger partial charge in [-0.2, -0.15) is 0 Å². The maximum atomic E-state index is 12.2. The van der Waals surface area contributed by atoms with Crippen molar-refractivity contribution in [3.8, 4) is 0 Å². The van der Waals surface area contributed by atoms with Crippen molar-refractivity contribution in [2.45, 2.75) is 31.5 Å². The molecule has 126 valence electrons. The van der Waals surface area contributed by atoms with Crippen LogP contribution in [0.1, 0.15) is 17.3 Å². The molecule has 1 aromatic carbocycles. The number of carbonyl (C=O) groups excluding carboxylic acids is 2. The highest BCUT2D eigenvalue weighted by Gasteiger charge is 2.48. The molecule has 2 unspecified atom stereocenters. The van der Waals surface area contributed by atoms with Crippen molar-refractivity contribution in [3.05, 3.63) is 35.9 Å². The number of rotatable bonds is 4. The van der Waals surface area contributed by atoms with E-state index in [4.69, 9.17) is 14.2 Å². The maximum Gasteiger partial charge on any atom is 0.338 e. The van der Waals surface area contributed by atoms with Crippen molar-refractivity contribution in [1.29, 1.82) is 0 Å². The number of esters is 2. The zero-order chi connectivity index (χ0) is 17.0. The van der Waals surface area contributed by atoms with E-state index in [1.165, 1.54) is 14.2 Å². The average Bonchev–Trinajstić information content (AvgIpc) is 2.59. The third kappa shape index (κ3) is 3.69. The molecule has 0 aromatic heterocycles. The molecule has 1 aliphatic heterocycles. The summed E-state index contributed by atoms with van der Waals surface area (Å²) in [5.41, 5.74) is 0.374. The van der Waals surface area contributed by atoms with Crippen LogP contribution in [0.4, 0.5) is 0 Å². The summed E-state index contributed by atoms with van der Waals surface area (Å²) in [6.45, 7) is 1.65. The van der Waals surface area contributed by atoms with Crippen LogP contribution in [0.2, 0.25) is 0 Å². The van der Waals surface area contributed by atoms with Crippen molar-refractivity contribution in [1.82, 2.24) is 0 Å². The molecule has 1 fully saturated rings. The Bertz CT molecular complexity index is 543. The van der Waals surface area contributed by atoms with Crippen molar-refractivity contribution in [2.75, 3.05) is 14.2 Å². The molecule has 0 saturated carbocycles. The number of ether oxygens (including phenoxy) is 4. The zero-order valence-electron chi connectivity index (χ0n) is 13.2. The molecule has 1 aromatic rings. The molecule has 1 aliphatic rings. The summed E-state index contributed by atoms with van der Waals surface area (Å²) in [6, 6.07) is 8.45. The van der Waals surface area contributed by atoms with Crippen LogP contribution in [0.3, 0.4) is 0 Å². The minimum atomic E-state index is -1.19. The minimum Gasteiger partial charge on any atom is -0.467 e. The quantitative estimate of drug-likeness (QED) is 0.817. The number of hydrogen-bond donors (Lipinski definition) is 1. The zero-order valence-corrected chi connectivity index (χ0v) is 13.2. The third-order valence-corrected chi connectivity index (χ3v) is 3.83. The van der Waals surface area contributed by atoms with Gasteiger partial charge in [-0.1, -0.05) is 25.1 Å². The Morgan fingerprint density at radius 2 is 1.83 bits per heavy atom. The van der Waals surface area contributed by atoms with Crippen LogP contribution in [0, 0.1) is 5.92 Å². The lowest BCUT2D eigenvalue weighted by atomic mass is 9.90. The molecule has 7 nitrogen and oxygen atoms in total. The van der Waals surface area contributed by atoms with Gasteiger partial charge in [-0.05, 0) is 12.1 Å². The minimum absolute atomic E-state index is 0.374. The molecule has 5 atom stereocenters. The molecule has 0 radical (unpaired) electrons. The van der Waals surface area contributed by atoms with E-state index in [1.54, 1.807) is 37.3 Å². The van der Waals surface area contributed by atoms with Gasteiger partial charge in [-0.15, -0.1) is 0 Å². The number of aliphatic hydroxyl groups is 1. The average molecular weight is 324 g/mol. The predicted molar refractivity (Wildman–Crippen MR) is 78.5 cm³/mol. The van der Waals surface area contributed by atoms with Crippen LogP contribution in [0.25, 0.3) is 0 Å². The molecule has 0 aliphatic carbocycles. The monoisotopic (exact) mass is 324 g/mol. The molecule has 0 spiro atoms. The Labute approximate surface area is 134 Å². The van der Waals surface area contributed by atoms with Gasteiger partial charge in [0, 0.05) is 13.0 Å². The molecule has 2 rings (SSSR count). The van der Waals surface area contributed by atoms with E-state index >= 15 is 0 Å². The van der Waals surface area contributed by atoms with E-state index in [1.807, 2.05) is 0 Å². The Morgan fingerprint density at radius 3 is 2.39 bits per heavy atom. The summed E-state index contributed by atoms with van der Waals surface area (Å²) >= 11 is 0. The Hall–Kier alpha value is -1.96. The second-order valence-corrected chi connectivity index (χ2v) is 5.27. The van der Waals surface area contributed by atoms with Gasteiger partial charge in [0.2, 0.25) is 0 Å². The molecular weight excluding hydrogens is 304 g/mol. The van der Waals surface area contributed by atoms with Gasteiger partial charge in [0.15, 0.2) is 18.5 Å². The topological polar surface area (TPSA) is 91.3 Å². The summed E-state index contributed by atoms with van der Waals surface area (Å²) in [7, 11) is 2.57. The van der Waals surface area contributed by atoms with E-state index in [0.717, 1.165) is 0 Å². The Balaban J connectivity index is 2.14. The van der Waals surface area contributed by atoms with Crippen LogP contribution in [-0.4, -0.2) is 55.9 Å². The van der Waals surface area contributed by atoms with Crippen LogP contribution in [0.15, 0.2) is 30.3 Å². The van der Waals surface area contributed by atoms with Gasteiger partial charge in [0.05, 0.1) is 18.8 Å². The fraction of sp³-hybridized carbons (Fsp3) is 0.500. The number of carbonyl (C=O) groups is 2. The van der Waals surface area contributed by atoms with Crippen molar-refractivity contribution < 1.29 is 33.6 Å². The number of methoxy groups -OCH3 is 2. The number of hydrogen-bond acceptors (Lipinski definition) is 7. The van der Waals surface area contributed by atoms with Gasteiger partial charge < -0.3 is 24.1 Å². The number of benzene rings is 1. The highest BCUT2D eigenvalue weighted by Crippen LogP contribution is 2.30. The van der Waals surface area contributed by atoms with E-state index < -0.39 is 42.5 Å². The molecule has 0 bridgehead atoms. The summed E-state index contributed by atoms with van der Waals surface area (Å²) < 4.78 is 20.6. The fourth-order valence-electron chi connectivity index (χ4n) is 2.45. The molecule has 0 amide bonds. The highest BCUT2D eigenvalue weighted by molar-refractivity contribution is 5.89. The van der Waals surface area contributed by atoms with Gasteiger partial charge in [0.1, 0.15) is 0 Å². The Kier molecular flexibility index (Phi) is 5.70. The highest BCUT2D eigenvalue weighted by atomic mass is 16.7. The van der Waals surface area contributed by atoms with Crippen LogP contribution in [0.5, 0.6) is 0 Å². The van der Waals surface area contributed by atoms with Crippen LogP contribution < -0.4 is 0 Å². The molecule has 7 heteroatoms. The lowest BCUT2D eigenvalue weighted by Gasteiger charge is -2.41. The molecule has 1 heterocycles. The van der Waals surface area contributed by atoms with E-state index in [2.05, 4.69) is 4.74 Å². The fourth-order valence-corrected chi connectivity index (χ4v) is 2.45. The van der Waals surface area contributed by atoms with Gasteiger partial charge in [-0.25, -0.2) is 9.59 Å². The molecule has 1 N–H and O–H groups in total. The first-order valence-corrected chi connectivity index (χ1v) is 7.19. The van der Waals surface area contributed by atoms with Crippen LogP contribution in [-0.2, 0) is 23.7 Å². The first kappa shape index (κ1) is 17.4. The van der Waals surface area contributed by atoms with Gasteiger partial charge in [-0.3, -0.25) is 0 Å². The third-order valence-electron chi connectivity index (χ3n) is 3.83. The standard InChI is InChI=1S/C16H20O7/c1-9-11(17)13(15(19)20-2)23-16(21-3)12(9)22-14(18)10-7-5-4-6-8-10/h4-9,11-13,16-17H,1-3H3/t9-,11+,12?,13?,16+/m0/s1. The van der Waals surface area contributed by atoms with Crippen LogP contribution >= 0.6 is 0 Å². The van der Waals surface area contributed by atoms with Crippen molar-refractivity contribution in [2.24, 2.45) is 5.92 Å². The summed E-state index contributed by atoms with van der Waals surface area (Å²) in [5.74, 6) is -1.85. The van der Waals surface area contributed by atoms with Crippen molar-refractivity contribution >= 4 is 11.9 Å². The second kappa shape index (κ2) is 7.54. The normalized spacial score (nSPS) is 30.5.